The lowest BCUT2D eigenvalue weighted by molar-refractivity contribution is 0.326. The van der Waals surface area contributed by atoms with Crippen LogP contribution in [0.3, 0.4) is 0 Å². The smallest absolute Gasteiger partial charge is 0.213 e. The van der Waals surface area contributed by atoms with Gasteiger partial charge in [0.15, 0.2) is 5.96 Å². The minimum Gasteiger partial charge on any atom is -0.478 e. The topological polar surface area (TPSA) is 58.5 Å². The van der Waals surface area contributed by atoms with Crippen LogP contribution >= 0.6 is 11.8 Å². The third-order valence-electron chi connectivity index (χ3n) is 2.84. The average molecular weight is 310 g/mol. The third kappa shape index (κ3) is 7.80. The molecule has 0 unspecified atom stereocenters. The number of nitrogens with one attached hydrogen (secondary N) is 2. The predicted molar refractivity (Wildman–Crippen MR) is 91.2 cm³/mol. The number of aliphatic imine (C=N–C) groups is 1. The zero-order valence-electron chi connectivity index (χ0n) is 13.2. The number of pyridine rings is 1. The van der Waals surface area contributed by atoms with E-state index in [1.807, 2.05) is 30.8 Å². The van der Waals surface area contributed by atoms with E-state index in [-0.39, 0.29) is 0 Å². The molecule has 0 aliphatic rings. The molecule has 0 radical (unpaired) electrons. The van der Waals surface area contributed by atoms with Crippen LogP contribution in [0.4, 0.5) is 0 Å². The fourth-order valence-corrected chi connectivity index (χ4v) is 2.26. The largest absolute Gasteiger partial charge is 0.478 e. The van der Waals surface area contributed by atoms with Crippen LogP contribution in [-0.2, 0) is 6.54 Å². The molecule has 0 atom stereocenters. The number of hydrogen-bond donors (Lipinski definition) is 2. The first-order valence-corrected chi connectivity index (χ1v) is 8.70. The summed E-state index contributed by atoms with van der Waals surface area (Å²) in [6.07, 6.45) is 6.29. The molecule has 1 heterocycles. The Morgan fingerprint density at radius 2 is 2.24 bits per heavy atom. The Hall–Kier alpha value is -1.43. The van der Waals surface area contributed by atoms with Crippen LogP contribution in [0.25, 0.3) is 0 Å². The van der Waals surface area contributed by atoms with Crippen molar-refractivity contribution >= 4 is 17.7 Å². The maximum Gasteiger partial charge on any atom is 0.213 e. The summed E-state index contributed by atoms with van der Waals surface area (Å²) in [5.74, 6) is 2.70. The van der Waals surface area contributed by atoms with E-state index in [0.717, 1.165) is 24.5 Å². The summed E-state index contributed by atoms with van der Waals surface area (Å²) in [6, 6.07) is 3.92. The van der Waals surface area contributed by atoms with E-state index < -0.39 is 0 Å². The Labute approximate surface area is 132 Å². The van der Waals surface area contributed by atoms with E-state index in [0.29, 0.717) is 19.0 Å². The molecule has 0 aromatic carbocycles. The first-order valence-electron chi connectivity index (χ1n) is 7.31. The van der Waals surface area contributed by atoms with Gasteiger partial charge >= 0.3 is 0 Å². The SMILES string of the molecule is CCOc1cc(CNC(=NC)NCCCCSC)ccn1. The van der Waals surface area contributed by atoms with Crippen molar-refractivity contribution in [3.8, 4) is 5.88 Å². The Bertz CT molecular complexity index is 426. The van der Waals surface area contributed by atoms with E-state index in [2.05, 4.69) is 26.9 Å². The minimum atomic E-state index is 0.628. The number of rotatable bonds is 9. The lowest BCUT2D eigenvalue weighted by Crippen LogP contribution is -2.37. The number of guanidine groups is 1. The number of ether oxygens (including phenoxy) is 1. The van der Waals surface area contributed by atoms with Crippen molar-refractivity contribution in [2.24, 2.45) is 4.99 Å². The first-order chi connectivity index (χ1) is 10.3. The van der Waals surface area contributed by atoms with Gasteiger partial charge in [-0.3, -0.25) is 4.99 Å². The molecule has 5 nitrogen and oxygen atoms in total. The molecule has 21 heavy (non-hydrogen) atoms. The molecule has 0 aliphatic heterocycles. The molecule has 1 rings (SSSR count). The molecule has 0 saturated carbocycles. The van der Waals surface area contributed by atoms with Crippen molar-refractivity contribution < 1.29 is 4.74 Å². The predicted octanol–water partition coefficient (Wildman–Crippen LogP) is 2.29. The summed E-state index contributed by atoms with van der Waals surface area (Å²) < 4.78 is 5.40. The summed E-state index contributed by atoms with van der Waals surface area (Å²) in [5, 5.41) is 6.62. The number of nitrogens with zero attached hydrogens (tertiary/aromatic N) is 2. The van der Waals surface area contributed by atoms with E-state index in [9.17, 15) is 0 Å². The molecule has 1 aromatic rings. The van der Waals surface area contributed by atoms with Gasteiger partial charge in [0.1, 0.15) is 0 Å². The summed E-state index contributed by atoms with van der Waals surface area (Å²) in [6.45, 7) is 4.23. The fraction of sp³-hybridized carbons (Fsp3) is 0.600. The van der Waals surface area contributed by atoms with Crippen LogP contribution in [-0.4, -0.2) is 43.2 Å². The zero-order chi connectivity index (χ0) is 15.3. The molecule has 118 valence electrons. The molecule has 0 aliphatic carbocycles. The molecule has 0 saturated heterocycles. The van der Waals surface area contributed by atoms with Gasteiger partial charge in [0.05, 0.1) is 6.61 Å². The summed E-state index contributed by atoms with van der Waals surface area (Å²) in [7, 11) is 1.79. The van der Waals surface area contributed by atoms with Gasteiger partial charge in [0.25, 0.3) is 0 Å². The second-order valence-corrected chi connectivity index (χ2v) is 5.47. The van der Waals surface area contributed by atoms with Crippen molar-refractivity contribution in [2.75, 3.05) is 32.2 Å². The van der Waals surface area contributed by atoms with E-state index in [1.54, 1.807) is 13.2 Å². The lowest BCUT2D eigenvalue weighted by Gasteiger charge is -2.12. The Morgan fingerprint density at radius 1 is 1.38 bits per heavy atom. The van der Waals surface area contributed by atoms with Gasteiger partial charge in [-0.2, -0.15) is 11.8 Å². The Kier molecular flexibility index (Phi) is 9.44. The molecular weight excluding hydrogens is 284 g/mol. The van der Waals surface area contributed by atoms with Crippen LogP contribution in [0.5, 0.6) is 5.88 Å². The monoisotopic (exact) mass is 310 g/mol. The molecule has 0 spiro atoms. The van der Waals surface area contributed by atoms with Crippen LogP contribution in [0.15, 0.2) is 23.3 Å². The first kappa shape index (κ1) is 17.6. The van der Waals surface area contributed by atoms with Gasteiger partial charge in [-0.25, -0.2) is 4.98 Å². The van der Waals surface area contributed by atoms with Crippen molar-refractivity contribution in [3.63, 3.8) is 0 Å². The van der Waals surface area contributed by atoms with Gasteiger partial charge in [-0.1, -0.05) is 0 Å². The normalized spacial score (nSPS) is 11.3. The summed E-state index contributed by atoms with van der Waals surface area (Å²) >= 11 is 1.89. The highest BCUT2D eigenvalue weighted by Crippen LogP contribution is 2.08. The number of unbranched alkanes of at least 4 members (excludes halogenated alkanes) is 1. The van der Waals surface area contributed by atoms with E-state index in [1.165, 1.54) is 12.2 Å². The maximum atomic E-state index is 5.40. The van der Waals surface area contributed by atoms with Crippen molar-refractivity contribution in [2.45, 2.75) is 26.3 Å². The van der Waals surface area contributed by atoms with Crippen molar-refractivity contribution in [3.05, 3.63) is 23.9 Å². The van der Waals surface area contributed by atoms with Gasteiger partial charge in [-0.15, -0.1) is 0 Å². The van der Waals surface area contributed by atoms with Crippen molar-refractivity contribution in [1.82, 2.24) is 15.6 Å². The lowest BCUT2D eigenvalue weighted by atomic mass is 10.2. The van der Waals surface area contributed by atoms with Gasteiger partial charge in [0, 0.05) is 32.4 Å². The van der Waals surface area contributed by atoms with Gasteiger partial charge in [0.2, 0.25) is 5.88 Å². The van der Waals surface area contributed by atoms with Gasteiger partial charge < -0.3 is 15.4 Å². The average Bonchev–Trinajstić information content (AvgIpc) is 2.51. The molecule has 2 N–H and O–H groups in total. The van der Waals surface area contributed by atoms with E-state index in [4.69, 9.17) is 4.74 Å². The summed E-state index contributed by atoms with van der Waals surface area (Å²) in [5.41, 5.74) is 1.12. The maximum absolute atomic E-state index is 5.40. The molecule has 0 amide bonds. The van der Waals surface area contributed by atoms with Crippen LogP contribution in [0, 0.1) is 0 Å². The zero-order valence-corrected chi connectivity index (χ0v) is 14.0. The quantitative estimate of drug-likeness (QED) is 0.416. The molecule has 6 heteroatoms. The van der Waals surface area contributed by atoms with Gasteiger partial charge in [-0.05, 0) is 43.4 Å². The van der Waals surface area contributed by atoms with E-state index >= 15 is 0 Å². The Balaban J connectivity index is 2.32. The molecule has 0 fully saturated rings. The molecule has 0 bridgehead atoms. The highest BCUT2D eigenvalue weighted by Gasteiger charge is 2.00. The number of aromatic nitrogens is 1. The number of thioether (sulfide) groups is 1. The second-order valence-electron chi connectivity index (χ2n) is 4.49. The minimum absolute atomic E-state index is 0.628. The Morgan fingerprint density at radius 3 is 2.95 bits per heavy atom. The third-order valence-corrected chi connectivity index (χ3v) is 3.54. The highest BCUT2D eigenvalue weighted by atomic mass is 32.2. The van der Waals surface area contributed by atoms with Crippen molar-refractivity contribution in [1.29, 1.82) is 0 Å². The van der Waals surface area contributed by atoms with Crippen LogP contribution in [0.2, 0.25) is 0 Å². The summed E-state index contributed by atoms with van der Waals surface area (Å²) in [4.78, 5) is 8.38. The molecule has 1 aromatic heterocycles. The highest BCUT2D eigenvalue weighted by molar-refractivity contribution is 7.98. The molecular formula is C15H26N4OS. The second kappa shape index (κ2) is 11.3. The van der Waals surface area contributed by atoms with Crippen LogP contribution in [0.1, 0.15) is 25.3 Å². The fourth-order valence-electron chi connectivity index (χ4n) is 1.77. The standard InChI is InChI=1S/C15H26N4OS/c1-4-20-14-11-13(7-9-17-14)12-19-15(16-2)18-8-5-6-10-21-3/h7,9,11H,4-6,8,10,12H2,1-3H3,(H2,16,18,19). The van der Waals surface area contributed by atoms with Crippen LogP contribution < -0.4 is 15.4 Å². The number of hydrogen-bond acceptors (Lipinski definition) is 4.